The van der Waals surface area contributed by atoms with Crippen LogP contribution >= 0.6 is 0 Å². The highest BCUT2D eigenvalue weighted by molar-refractivity contribution is 5.97. The van der Waals surface area contributed by atoms with Gasteiger partial charge in [0.2, 0.25) is 5.91 Å². The lowest BCUT2D eigenvalue weighted by Crippen LogP contribution is -2.36. The van der Waals surface area contributed by atoms with Gasteiger partial charge in [0.05, 0.1) is 24.8 Å². The standard InChI is InChI=1S/C18H21N3O3/c1-3-24-18(23)15-6-7-16-14(10-15)5-4-8-21(16)17(22)9-13-11-19-20(2)12-13/h6-7,10-12H,3-5,8-9H2,1-2H3. The van der Waals surface area contributed by atoms with E-state index in [0.717, 1.165) is 29.7 Å². The zero-order chi connectivity index (χ0) is 17.1. The van der Waals surface area contributed by atoms with E-state index >= 15 is 0 Å². The van der Waals surface area contributed by atoms with Gasteiger partial charge in [-0.1, -0.05) is 0 Å². The highest BCUT2D eigenvalue weighted by atomic mass is 16.5. The molecule has 3 rings (SSSR count). The van der Waals surface area contributed by atoms with E-state index in [1.165, 1.54) is 0 Å². The van der Waals surface area contributed by atoms with Crippen LogP contribution in [0.1, 0.15) is 34.8 Å². The molecule has 2 heterocycles. The van der Waals surface area contributed by atoms with Crippen LogP contribution in [0.25, 0.3) is 0 Å². The van der Waals surface area contributed by atoms with Crippen LogP contribution in [0.3, 0.4) is 0 Å². The van der Waals surface area contributed by atoms with Gasteiger partial charge in [0.15, 0.2) is 0 Å². The van der Waals surface area contributed by atoms with Crippen molar-refractivity contribution in [2.24, 2.45) is 7.05 Å². The fourth-order valence-corrected chi connectivity index (χ4v) is 3.03. The van der Waals surface area contributed by atoms with Gasteiger partial charge in [0.25, 0.3) is 0 Å². The van der Waals surface area contributed by atoms with E-state index in [0.29, 0.717) is 25.1 Å². The fourth-order valence-electron chi connectivity index (χ4n) is 3.03. The number of carbonyl (C=O) groups excluding carboxylic acids is 2. The van der Waals surface area contributed by atoms with Crippen LogP contribution in [0.5, 0.6) is 0 Å². The first kappa shape index (κ1) is 16.2. The number of benzene rings is 1. The van der Waals surface area contributed by atoms with Gasteiger partial charge >= 0.3 is 5.97 Å². The van der Waals surface area contributed by atoms with Crippen molar-refractivity contribution in [2.75, 3.05) is 18.1 Å². The molecule has 126 valence electrons. The minimum atomic E-state index is -0.320. The highest BCUT2D eigenvalue weighted by Gasteiger charge is 2.24. The highest BCUT2D eigenvalue weighted by Crippen LogP contribution is 2.29. The Morgan fingerprint density at radius 2 is 2.17 bits per heavy atom. The molecule has 0 saturated heterocycles. The quantitative estimate of drug-likeness (QED) is 0.807. The average molecular weight is 327 g/mol. The number of hydrogen-bond acceptors (Lipinski definition) is 4. The predicted octanol–water partition coefficient (Wildman–Crippen LogP) is 2.12. The number of amides is 1. The monoisotopic (exact) mass is 327 g/mol. The maximum Gasteiger partial charge on any atom is 0.338 e. The number of aromatic nitrogens is 2. The Bertz CT molecular complexity index is 767. The minimum Gasteiger partial charge on any atom is -0.462 e. The Morgan fingerprint density at radius 1 is 1.33 bits per heavy atom. The summed E-state index contributed by atoms with van der Waals surface area (Å²) in [5, 5.41) is 4.10. The maximum atomic E-state index is 12.7. The van der Waals surface area contributed by atoms with Crippen molar-refractivity contribution in [2.45, 2.75) is 26.2 Å². The van der Waals surface area contributed by atoms with Gasteiger partial charge in [-0.15, -0.1) is 0 Å². The predicted molar refractivity (Wildman–Crippen MR) is 90.0 cm³/mol. The second-order valence-corrected chi connectivity index (χ2v) is 5.91. The van der Waals surface area contributed by atoms with Crippen LogP contribution in [0.2, 0.25) is 0 Å². The van der Waals surface area contributed by atoms with E-state index < -0.39 is 0 Å². The number of anilines is 1. The number of ether oxygens (including phenoxy) is 1. The van der Waals surface area contributed by atoms with E-state index in [2.05, 4.69) is 5.10 Å². The lowest BCUT2D eigenvalue weighted by molar-refractivity contribution is -0.118. The summed E-state index contributed by atoms with van der Waals surface area (Å²) in [6.45, 7) is 2.84. The Kier molecular flexibility index (Phi) is 4.64. The molecule has 1 aliphatic rings. The number of hydrogen-bond donors (Lipinski definition) is 0. The molecule has 0 fully saturated rings. The van der Waals surface area contributed by atoms with Crippen LogP contribution in [-0.2, 0) is 29.4 Å². The molecule has 0 unspecified atom stereocenters. The van der Waals surface area contributed by atoms with Crippen LogP contribution in [-0.4, -0.2) is 34.8 Å². The number of esters is 1. The zero-order valence-corrected chi connectivity index (χ0v) is 14.0. The van der Waals surface area contributed by atoms with Gasteiger partial charge in [-0.05, 0) is 49.1 Å². The van der Waals surface area contributed by atoms with Crippen molar-refractivity contribution in [3.63, 3.8) is 0 Å². The van der Waals surface area contributed by atoms with Gasteiger partial charge in [0, 0.05) is 25.5 Å². The summed E-state index contributed by atoms with van der Waals surface area (Å²) in [6, 6.07) is 5.42. The molecule has 6 nitrogen and oxygen atoms in total. The molecule has 0 bridgehead atoms. The van der Waals surface area contributed by atoms with Gasteiger partial charge in [-0.2, -0.15) is 5.10 Å². The molecule has 24 heavy (non-hydrogen) atoms. The summed E-state index contributed by atoms with van der Waals surface area (Å²) in [5.74, 6) is -0.271. The minimum absolute atomic E-state index is 0.0489. The summed E-state index contributed by atoms with van der Waals surface area (Å²) in [7, 11) is 1.83. The maximum absolute atomic E-state index is 12.7. The molecule has 0 atom stereocenters. The molecule has 2 aromatic rings. The molecule has 1 aliphatic heterocycles. The Balaban J connectivity index is 1.80. The largest absolute Gasteiger partial charge is 0.462 e. The van der Waals surface area contributed by atoms with Gasteiger partial charge in [-0.25, -0.2) is 4.79 Å². The second kappa shape index (κ2) is 6.86. The molecule has 0 saturated carbocycles. The summed E-state index contributed by atoms with van der Waals surface area (Å²) in [6.07, 6.45) is 5.64. The van der Waals surface area contributed by atoms with Gasteiger partial charge < -0.3 is 9.64 Å². The Labute approximate surface area is 141 Å². The lowest BCUT2D eigenvalue weighted by Gasteiger charge is -2.29. The molecule has 0 aliphatic carbocycles. The summed E-state index contributed by atoms with van der Waals surface area (Å²) < 4.78 is 6.74. The topological polar surface area (TPSA) is 64.4 Å². The summed E-state index contributed by atoms with van der Waals surface area (Å²) >= 11 is 0. The Morgan fingerprint density at radius 3 is 2.88 bits per heavy atom. The van der Waals surface area contributed by atoms with Crippen LogP contribution in [0, 0.1) is 0 Å². The number of fused-ring (bicyclic) bond motifs is 1. The second-order valence-electron chi connectivity index (χ2n) is 5.91. The van der Waals surface area contributed by atoms with Crippen LogP contribution in [0.4, 0.5) is 5.69 Å². The van der Waals surface area contributed by atoms with Crippen molar-refractivity contribution in [1.82, 2.24) is 9.78 Å². The molecule has 0 spiro atoms. The molecular weight excluding hydrogens is 306 g/mol. The molecule has 1 aromatic heterocycles. The van der Waals surface area contributed by atoms with Gasteiger partial charge in [0.1, 0.15) is 0 Å². The lowest BCUT2D eigenvalue weighted by atomic mass is 9.98. The van der Waals surface area contributed by atoms with E-state index in [-0.39, 0.29) is 11.9 Å². The third-order valence-electron chi connectivity index (χ3n) is 4.12. The molecule has 0 radical (unpaired) electrons. The first-order valence-electron chi connectivity index (χ1n) is 8.16. The zero-order valence-electron chi connectivity index (χ0n) is 14.0. The SMILES string of the molecule is CCOC(=O)c1ccc2c(c1)CCCN2C(=O)Cc1cnn(C)c1. The number of aryl methyl sites for hydroxylation is 2. The van der Waals surface area contributed by atoms with Crippen LogP contribution in [0.15, 0.2) is 30.6 Å². The fraction of sp³-hybridized carbons (Fsp3) is 0.389. The van der Waals surface area contributed by atoms with Crippen molar-refractivity contribution in [1.29, 1.82) is 0 Å². The molecular formula is C18H21N3O3. The molecule has 0 N–H and O–H groups in total. The number of carbonyl (C=O) groups is 2. The summed E-state index contributed by atoms with van der Waals surface area (Å²) in [5.41, 5.74) is 3.35. The first-order chi connectivity index (χ1) is 11.6. The summed E-state index contributed by atoms with van der Waals surface area (Å²) in [4.78, 5) is 26.3. The van der Waals surface area contributed by atoms with E-state index in [1.807, 2.05) is 25.4 Å². The van der Waals surface area contributed by atoms with Gasteiger partial charge in [-0.3, -0.25) is 9.48 Å². The average Bonchev–Trinajstić information content (AvgIpc) is 2.98. The number of rotatable bonds is 4. The third kappa shape index (κ3) is 3.32. The number of nitrogens with zero attached hydrogens (tertiary/aromatic N) is 3. The molecule has 6 heteroatoms. The molecule has 1 aromatic carbocycles. The first-order valence-corrected chi connectivity index (χ1v) is 8.16. The smallest absolute Gasteiger partial charge is 0.338 e. The normalized spacial score (nSPS) is 13.5. The van der Waals surface area contributed by atoms with Crippen molar-refractivity contribution in [3.05, 3.63) is 47.3 Å². The van der Waals surface area contributed by atoms with Crippen LogP contribution < -0.4 is 4.90 Å². The van der Waals surface area contributed by atoms with Crippen molar-refractivity contribution in [3.8, 4) is 0 Å². The van der Waals surface area contributed by atoms with Crippen molar-refractivity contribution < 1.29 is 14.3 Å². The third-order valence-corrected chi connectivity index (χ3v) is 4.12. The Hall–Kier alpha value is -2.63. The van der Waals surface area contributed by atoms with E-state index in [9.17, 15) is 9.59 Å². The van der Waals surface area contributed by atoms with E-state index in [4.69, 9.17) is 4.74 Å². The van der Waals surface area contributed by atoms with Crippen molar-refractivity contribution >= 4 is 17.6 Å². The molecule has 1 amide bonds. The van der Waals surface area contributed by atoms with E-state index in [1.54, 1.807) is 28.8 Å².